The van der Waals surface area contributed by atoms with E-state index in [4.69, 9.17) is 11.0 Å². The molecular formula is C15H29N3. The molecule has 18 heavy (non-hydrogen) atoms. The van der Waals surface area contributed by atoms with Gasteiger partial charge in [-0.15, -0.1) is 0 Å². The summed E-state index contributed by atoms with van der Waals surface area (Å²) in [5, 5.41) is 9.04. The van der Waals surface area contributed by atoms with Gasteiger partial charge in [-0.05, 0) is 50.1 Å². The Kier molecular flexibility index (Phi) is 5.19. The first-order chi connectivity index (χ1) is 8.30. The lowest BCUT2D eigenvalue weighted by Gasteiger charge is -2.27. The zero-order chi connectivity index (χ0) is 13.8. The van der Waals surface area contributed by atoms with Crippen LogP contribution in [0.2, 0.25) is 0 Å². The number of likely N-dealkylation sites (tertiary alicyclic amines) is 1. The van der Waals surface area contributed by atoms with Crippen LogP contribution in [0.4, 0.5) is 0 Å². The summed E-state index contributed by atoms with van der Waals surface area (Å²) in [7, 11) is 0. The normalized spacial score (nSPS) is 24.8. The molecule has 0 aromatic rings. The van der Waals surface area contributed by atoms with Crippen molar-refractivity contribution < 1.29 is 0 Å². The molecule has 0 bridgehead atoms. The van der Waals surface area contributed by atoms with E-state index in [1.807, 2.05) is 6.92 Å². The van der Waals surface area contributed by atoms with Gasteiger partial charge in [-0.3, -0.25) is 0 Å². The van der Waals surface area contributed by atoms with Gasteiger partial charge in [0.2, 0.25) is 0 Å². The minimum absolute atomic E-state index is 0.419. The van der Waals surface area contributed by atoms with Crippen LogP contribution in [0, 0.1) is 22.7 Å². The fourth-order valence-electron chi connectivity index (χ4n) is 2.67. The molecular weight excluding hydrogens is 222 g/mol. The van der Waals surface area contributed by atoms with Crippen LogP contribution < -0.4 is 5.73 Å². The second kappa shape index (κ2) is 6.04. The quantitative estimate of drug-likeness (QED) is 0.817. The Morgan fingerprint density at radius 2 is 2.06 bits per heavy atom. The van der Waals surface area contributed by atoms with Crippen LogP contribution in [0.25, 0.3) is 0 Å². The molecule has 0 saturated carbocycles. The van der Waals surface area contributed by atoms with Gasteiger partial charge in [0.1, 0.15) is 5.54 Å². The molecule has 2 unspecified atom stereocenters. The maximum Gasteiger partial charge on any atom is 0.104 e. The van der Waals surface area contributed by atoms with Gasteiger partial charge in [0, 0.05) is 6.54 Å². The summed E-state index contributed by atoms with van der Waals surface area (Å²) >= 11 is 0. The van der Waals surface area contributed by atoms with Crippen LogP contribution in [0.5, 0.6) is 0 Å². The fraction of sp³-hybridized carbons (Fsp3) is 0.933. The van der Waals surface area contributed by atoms with E-state index in [0.29, 0.717) is 5.41 Å². The molecule has 0 aromatic carbocycles. The molecule has 1 fully saturated rings. The molecule has 1 aliphatic rings. The number of rotatable bonds is 5. The Bertz CT molecular complexity index is 300. The van der Waals surface area contributed by atoms with Gasteiger partial charge in [-0.25, -0.2) is 0 Å². The zero-order valence-corrected chi connectivity index (χ0v) is 12.5. The predicted molar refractivity (Wildman–Crippen MR) is 76.1 cm³/mol. The molecule has 0 amide bonds. The molecule has 2 atom stereocenters. The van der Waals surface area contributed by atoms with Crippen molar-refractivity contribution in [3.05, 3.63) is 0 Å². The number of hydrogen-bond donors (Lipinski definition) is 1. The fourth-order valence-corrected chi connectivity index (χ4v) is 2.67. The highest BCUT2D eigenvalue weighted by Gasteiger charge is 2.31. The van der Waals surface area contributed by atoms with Crippen molar-refractivity contribution >= 4 is 0 Å². The molecule has 0 aromatic heterocycles. The second-order valence-corrected chi connectivity index (χ2v) is 6.88. The largest absolute Gasteiger partial charge is 0.313 e. The van der Waals surface area contributed by atoms with Crippen LogP contribution in [0.3, 0.4) is 0 Å². The first kappa shape index (κ1) is 15.5. The predicted octanol–water partition coefficient (Wildman–Crippen LogP) is 2.77. The zero-order valence-electron chi connectivity index (χ0n) is 12.5. The summed E-state index contributed by atoms with van der Waals surface area (Å²) in [5.74, 6) is 0.808. The molecule has 1 rings (SSSR count). The summed E-state index contributed by atoms with van der Waals surface area (Å²) in [6.45, 7) is 12.5. The molecule has 104 valence electrons. The first-order valence-electron chi connectivity index (χ1n) is 7.23. The van der Waals surface area contributed by atoms with Gasteiger partial charge in [-0.2, -0.15) is 5.26 Å². The summed E-state index contributed by atoms with van der Waals surface area (Å²) in [4.78, 5) is 2.53. The average Bonchev–Trinajstić information content (AvgIpc) is 2.77. The van der Waals surface area contributed by atoms with E-state index in [0.717, 1.165) is 31.7 Å². The third-order valence-corrected chi connectivity index (χ3v) is 4.45. The number of nitrogens with two attached hydrogens (primary N) is 1. The van der Waals surface area contributed by atoms with E-state index < -0.39 is 5.54 Å². The minimum atomic E-state index is -0.608. The maximum absolute atomic E-state index is 9.04. The summed E-state index contributed by atoms with van der Waals surface area (Å²) in [6.07, 6.45) is 3.91. The molecule has 2 N–H and O–H groups in total. The minimum Gasteiger partial charge on any atom is -0.313 e. The monoisotopic (exact) mass is 251 g/mol. The Morgan fingerprint density at radius 3 is 2.50 bits per heavy atom. The van der Waals surface area contributed by atoms with E-state index in [-0.39, 0.29) is 0 Å². The van der Waals surface area contributed by atoms with Gasteiger partial charge < -0.3 is 10.6 Å². The van der Waals surface area contributed by atoms with Crippen molar-refractivity contribution in [2.75, 3.05) is 19.6 Å². The SMILES string of the molecule is CCC(N)(C#N)CCCN1CCC(C(C)(C)C)C1. The van der Waals surface area contributed by atoms with Gasteiger partial charge >= 0.3 is 0 Å². The van der Waals surface area contributed by atoms with Gasteiger partial charge in [0.25, 0.3) is 0 Å². The van der Waals surface area contributed by atoms with Crippen LogP contribution in [-0.2, 0) is 0 Å². The van der Waals surface area contributed by atoms with Crippen LogP contribution in [0.1, 0.15) is 53.4 Å². The summed E-state index contributed by atoms with van der Waals surface area (Å²) in [5.41, 5.74) is 5.81. The van der Waals surface area contributed by atoms with Crippen LogP contribution in [-0.4, -0.2) is 30.1 Å². The lowest BCUT2D eigenvalue weighted by molar-refractivity contribution is 0.226. The maximum atomic E-state index is 9.04. The highest BCUT2D eigenvalue weighted by molar-refractivity contribution is 5.03. The highest BCUT2D eigenvalue weighted by atomic mass is 15.1. The van der Waals surface area contributed by atoms with Crippen molar-refractivity contribution in [2.45, 2.75) is 58.9 Å². The molecule has 0 aliphatic carbocycles. The molecule has 0 spiro atoms. The second-order valence-electron chi connectivity index (χ2n) is 6.88. The molecule has 1 aliphatic heterocycles. The van der Waals surface area contributed by atoms with Crippen molar-refractivity contribution in [3.63, 3.8) is 0 Å². The molecule has 3 nitrogen and oxygen atoms in total. The van der Waals surface area contributed by atoms with E-state index in [1.54, 1.807) is 0 Å². The standard InChI is InChI=1S/C15H29N3/c1-5-15(17,12-16)8-6-9-18-10-7-13(11-18)14(2,3)4/h13H,5-11,17H2,1-4H3. The Hall–Kier alpha value is -0.590. The lowest BCUT2D eigenvalue weighted by Crippen LogP contribution is -2.38. The summed E-state index contributed by atoms with van der Waals surface area (Å²) < 4.78 is 0. The topological polar surface area (TPSA) is 53.1 Å². The average molecular weight is 251 g/mol. The van der Waals surface area contributed by atoms with Crippen LogP contribution >= 0.6 is 0 Å². The smallest absolute Gasteiger partial charge is 0.104 e. The molecule has 3 heteroatoms. The van der Waals surface area contributed by atoms with Crippen molar-refractivity contribution in [1.29, 1.82) is 5.26 Å². The number of nitriles is 1. The number of hydrogen-bond acceptors (Lipinski definition) is 3. The van der Waals surface area contributed by atoms with Crippen molar-refractivity contribution in [1.82, 2.24) is 4.90 Å². The van der Waals surface area contributed by atoms with Gasteiger partial charge in [0.05, 0.1) is 6.07 Å². The van der Waals surface area contributed by atoms with E-state index in [9.17, 15) is 0 Å². The number of nitrogens with zero attached hydrogens (tertiary/aromatic N) is 2. The molecule has 1 heterocycles. The summed E-state index contributed by atoms with van der Waals surface area (Å²) in [6, 6.07) is 2.25. The Balaban J connectivity index is 2.29. The molecule has 0 radical (unpaired) electrons. The Morgan fingerprint density at radius 1 is 1.39 bits per heavy atom. The Labute approximate surface area is 112 Å². The first-order valence-corrected chi connectivity index (χ1v) is 7.23. The third-order valence-electron chi connectivity index (χ3n) is 4.45. The lowest BCUT2D eigenvalue weighted by atomic mass is 9.80. The van der Waals surface area contributed by atoms with Crippen molar-refractivity contribution in [3.8, 4) is 6.07 Å². The van der Waals surface area contributed by atoms with E-state index in [1.165, 1.54) is 19.5 Å². The van der Waals surface area contributed by atoms with E-state index in [2.05, 4.69) is 31.7 Å². The highest BCUT2D eigenvalue weighted by Crippen LogP contribution is 2.33. The van der Waals surface area contributed by atoms with E-state index >= 15 is 0 Å². The molecule has 1 saturated heterocycles. The van der Waals surface area contributed by atoms with Crippen molar-refractivity contribution in [2.24, 2.45) is 17.1 Å². The van der Waals surface area contributed by atoms with Crippen LogP contribution in [0.15, 0.2) is 0 Å². The van der Waals surface area contributed by atoms with Gasteiger partial charge in [0.15, 0.2) is 0 Å². The van der Waals surface area contributed by atoms with Gasteiger partial charge in [-0.1, -0.05) is 27.7 Å². The third kappa shape index (κ3) is 4.26.